The Hall–Kier alpha value is -1.76. The molecule has 7 nitrogen and oxygen atoms in total. The van der Waals surface area contributed by atoms with Crippen LogP contribution in [0.5, 0.6) is 0 Å². The highest BCUT2D eigenvalue weighted by Gasteiger charge is 2.12. The Bertz CT molecular complexity index is 528. The fourth-order valence-corrected chi connectivity index (χ4v) is 2.07. The van der Waals surface area contributed by atoms with Crippen molar-refractivity contribution < 1.29 is 0 Å². The van der Waals surface area contributed by atoms with E-state index in [0.717, 1.165) is 30.9 Å². The lowest BCUT2D eigenvalue weighted by Gasteiger charge is -2.08. The Kier molecular flexibility index (Phi) is 4.84. The first kappa shape index (κ1) is 14.6. The zero-order chi connectivity index (χ0) is 14.5. The summed E-state index contributed by atoms with van der Waals surface area (Å²) in [7, 11) is 0. The van der Waals surface area contributed by atoms with Gasteiger partial charge in [-0.1, -0.05) is 32.4 Å². The maximum Gasteiger partial charge on any atom is 0.148 e. The molecule has 110 valence electrons. The Labute approximate surface area is 119 Å². The van der Waals surface area contributed by atoms with Crippen molar-refractivity contribution in [3.63, 3.8) is 0 Å². The third kappa shape index (κ3) is 3.63. The number of aromatic nitrogens is 6. The van der Waals surface area contributed by atoms with E-state index in [0.29, 0.717) is 12.5 Å². The molecule has 0 aliphatic heterocycles. The van der Waals surface area contributed by atoms with E-state index in [1.807, 2.05) is 10.9 Å². The molecule has 2 aromatic heterocycles. The predicted octanol–water partition coefficient (Wildman–Crippen LogP) is 1.37. The average molecular weight is 277 g/mol. The van der Waals surface area contributed by atoms with Crippen LogP contribution >= 0.6 is 0 Å². The van der Waals surface area contributed by atoms with Crippen LogP contribution in [0.3, 0.4) is 0 Å². The molecule has 2 aromatic rings. The topological polar surface area (TPSA) is 87.4 Å². The van der Waals surface area contributed by atoms with Crippen molar-refractivity contribution in [2.45, 2.75) is 52.7 Å². The lowest BCUT2D eigenvalue weighted by atomic mass is 10.1. The van der Waals surface area contributed by atoms with Gasteiger partial charge in [0.1, 0.15) is 18.7 Å². The highest BCUT2D eigenvalue weighted by atomic mass is 15.4. The molecular formula is C13H23N7. The molecule has 2 rings (SSSR count). The van der Waals surface area contributed by atoms with Gasteiger partial charge in [-0.25, -0.2) is 14.3 Å². The molecule has 0 spiro atoms. The number of hydrogen-bond acceptors (Lipinski definition) is 5. The summed E-state index contributed by atoms with van der Waals surface area (Å²) in [5.41, 5.74) is 6.87. The van der Waals surface area contributed by atoms with Crippen molar-refractivity contribution >= 4 is 0 Å². The van der Waals surface area contributed by atoms with Crippen LogP contribution in [-0.4, -0.2) is 29.8 Å². The zero-order valence-corrected chi connectivity index (χ0v) is 12.4. The van der Waals surface area contributed by atoms with Crippen LogP contribution in [0, 0.1) is 5.92 Å². The van der Waals surface area contributed by atoms with Crippen LogP contribution in [0.15, 0.2) is 12.5 Å². The summed E-state index contributed by atoms with van der Waals surface area (Å²) in [4.78, 5) is 4.29. The first-order valence-electron chi connectivity index (χ1n) is 7.12. The number of rotatable bonds is 7. The van der Waals surface area contributed by atoms with Crippen LogP contribution in [0.25, 0.3) is 0 Å². The van der Waals surface area contributed by atoms with E-state index in [-0.39, 0.29) is 6.04 Å². The van der Waals surface area contributed by atoms with Gasteiger partial charge in [0.05, 0.1) is 17.9 Å². The first-order valence-corrected chi connectivity index (χ1v) is 7.12. The Morgan fingerprint density at radius 1 is 1.35 bits per heavy atom. The normalized spacial score (nSPS) is 13.1. The monoisotopic (exact) mass is 277 g/mol. The van der Waals surface area contributed by atoms with Crippen molar-refractivity contribution in [1.82, 2.24) is 29.8 Å². The molecule has 2 N–H and O–H groups in total. The summed E-state index contributed by atoms with van der Waals surface area (Å²) in [5.74, 6) is 1.42. The van der Waals surface area contributed by atoms with Gasteiger partial charge >= 0.3 is 0 Å². The van der Waals surface area contributed by atoms with Gasteiger partial charge in [0, 0.05) is 6.54 Å². The Morgan fingerprint density at radius 3 is 2.85 bits per heavy atom. The number of nitrogens with two attached hydrogens (primary N) is 1. The van der Waals surface area contributed by atoms with Gasteiger partial charge in [0.2, 0.25) is 0 Å². The third-order valence-corrected chi connectivity index (χ3v) is 3.07. The predicted molar refractivity (Wildman–Crippen MR) is 75.8 cm³/mol. The van der Waals surface area contributed by atoms with E-state index in [2.05, 4.69) is 41.2 Å². The molecule has 0 bridgehead atoms. The summed E-state index contributed by atoms with van der Waals surface area (Å²) >= 11 is 0. The van der Waals surface area contributed by atoms with E-state index in [1.165, 1.54) is 0 Å². The van der Waals surface area contributed by atoms with Crippen LogP contribution in [-0.2, 0) is 13.1 Å². The molecule has 0 saturated heterocycles. The van der Waals surface area contributed by atoms with Crippen LogP contribution in [0.4, 0.5) is 0 Å². The molecule has 1 atom stereocenters. The molecule has 0 aliphatic carbocycles. The van der Waals surface area contributed by atoms with Crippen LogP contribution in [0.1, 0.15) is 51.2 Å². The molecular weight excluding hydrogens is 254 g/mol. The van der Waals surface area contributed by atoms with E-state index in [9.17, 15) is 0 Å². The van der Waals surface area contributed by atoms with Crippen molar-refractivity contribution in [3.8, 4) is 0 Å². The largest absolute Gasteiger partial charge is 0.323 e. The van der Waals surface area contributed by atoms with Crippen LogP contribution in [0.2, 0.25) is 0 Å². The highest BCUT2D eigenvalue weighted by Crippen LogP contribution is 2.12. The molecule has 0 amide bonds. The summed E-state index contributed by atoms with van der Waals surface area (Å²) in [6.45, 7) is 7.84. The maximum absolute atomic E-state index is 6.04. The van der Waals surface area contributed by atoms with Gasteiger partial charge in [0.15, 0.2) is 0 Å². The zero-order valence-electron chi connectivity index (χ0n) is 12.4. The SMILES string of the molecule is CCCC(N)c1cn(Cc2ncnn2CC(C)C)nn1. The summed E-state index contributed by atoms with van der Waals surface area (Å²) in [6, 6.07) is -0.0396. The molecule has 0 aliphatic rings. The third-order valence-electron chi connectivity index (χ3n) is 3.07. The second-order valence-electron chi connectivity index (χ2n) is 5.49. The second-order valence-corrected chi connectivity index (χ2v) is 5.49. The highest BCUT2D eigenvalue weighted by molar-refractivity contribution is 5.00. The molecule has 7 heteroatoms. The molecule has 2 heterocycles. The molecule has 0 fully saturated rings. The molecule has 0 aromatic carbocycles. The molecule has 1 unspecified atom stereocenters. The fourth-order valence-electron chi connectivity index (χ4n) is 2.07. The van der Waals surface area contributed by atoms with Crippen molar-refractivity contribution in [3.05, 3.63) is 24.0 Å². The van der Waals surface area contributed by atoms with E-state index < -0.39 is 0 Å². The van der Waals surface area contributed by atoms with E-state index in [4.69, 9.17) is 5.73 Å². The number of hydrogen-bond donors (Lipinski definition) is 1. The minimum Gasteiger partial charge on any atom is -0.323 e. The summed E-state index contributed by atoms with van der Waals surface area (Å²) in [6.07, 6.45) is 5.44. The maximum atomic E-state index is 6.04. The summed E-state index contributed by atoms with van der Waals surface area (Å²) < 4.78 is 3.68. The van der Waals surface area contributed by atoms with Crippen molar-refractivity contribution in [2.75, 3.05) is 0 Å². The lowest BCUT2D eigenvalue weighted by molar-refractivity contribution is 0.455. The molecule has 0 radical (unpaired) electrons. The Morgan fingerprint density at radius 2 is 2.15 bits per heavy atom. The van der Waals surface area contributed by atoms with Gasteiger partial charge in [-0.2, -0.15) is 5.10 Å². The van der Waals surface area contributed by atoms with E-state index in [1.54, 1.807) is 11.0 Å². The van der Waals surface area contributed by atoms with Crippen LogP contribution < -0.4 is 5.73 Å². The van der Waals surface area contributed by atoms with Gasteiger partial charge < -0.3 is 5.73 Å². The fraction of sp³-hybridized carbons (Fsp3) is 0.692. The van der Waals surface area contributed by atoms with Gasteiger partial charge in [-0.3, -0.25) is 0 Å². The quantitative estimate of drug-likeness (QED) is 0.826. The molecule has 20 heavy (non-hydrogen) atoms. The molecule has 0 saturated carbocycles. The van der Waals surface area contributed by atoms with Crippen molar-refractivity contribution in [1.29, 1.82) is 0 Å². The van der Waals surface area contributed by atoms with Gasteiger partial charge in [-0.15, -0.1) is 5.10 Å². The Balaban J connectivity index is 2.05. The average Bonchev–Trinajstić information content (AvgIpc) is 3.00. The first-order chi connectivity index (χ1) is 9.60. The van der Waals surface area contributed by atoms with Gasteiger partial charge in [-0.05, 0) is 12.3 Å². The smallest absolute Gasteiger partial charge is 0.148 e. The standard InChI is InChI=1S/C13H23N7/c1-4-5-11(14)12-7-19(18-17-12)8-13-15-9-16-20(13)6-10(2)3/h7,9-11H,4-6,8,14H2,1-3H3. The minimum absolute atomic E-state index is 0.0396. The van der Waals surface area contributed by atoms with Gasteiger partial charge in [0.25, 0.3) is 0 Å². The minimum atomic E-state index is -0.0396. The summed E-state index contributed by atoms with van der Waals surface area (Å²) in [5, 5.41) is 12.5. The lowest BCUT2D eigenvalue weighted by Crippen LogP contribution is -2.13. The second kappa shape index (κ2) is 6.60. The van der Waals surface area contributed by atoms with E-state index >= 15 is 0 Å². The van der Waals surface area contributed by atoms with Crippen molar-refractivity contribution in [2.24, 2.45) is 11.7 Å². The number of nitrogens with zero attached hydrogens (tertiary/aromatic N) is 6.